The normalized spacial score (nSPS) is 10.2. The first-order valence-corrected chi connectivity index (χ1v) is 5.23. The minimum absolute atomic E-state index is 0.115. The predicted molar refractivity (Wildman–Crippen MR) is 63.9 cm³/mol. The van der Waals surface area contributed by atoms with E-state index in [-0.39, 0.29) is 11.3 Å². The summed E-state index contributed by atoms with van der Waals surface area (Å²) in [5.74, 6) is -0.526. The van der Waals surface area contributed by atoms with Gasteiger partial charge >= 0.3 is 0 Å². The molecule has 0 heterocycles. The summed E-state index contributed by atoms with van der Waals surface area (Å²) >= 11 is 5.95. The first-order valence-electron chi connectivity index (χ1n) is 4.85. The van der Waals surface area contributed by atoms with Crippen molar-refractivity contribution < 1.29 is 14.3 Å². The van der Waals surface area contributed by atoms with Crippen LogP contribution in [0, 0.1) is 5.82 Å². The zero-order chi connectivity index (χ0) is 12.4. The number of aldehydes is 1. The summed E-state index contributed by atoms with van der Waals surface area (Å²) in [5, 5.41) is 9.75. The number of phenolic OH excluding ortho intramolecular Hbond substituents is 1. The summed E-state index contributed by atoms with van der Waals surface area (Å²) in [4.78, 5) is 10.7. The maximum Gasteiger partial charge on any atom is 0.153 e. The molecule has 0 saturated carbocycles. The number of carbonyl (C=O) groups excluding carboxylic acids is 1. The number of benzene rings is 2. The third-order valence-corrected chi connectivity index (χ3v) is 2.72. The van der Waals surface area contributed by atoms with Crippen molar-refractivity contribution in [1.29, 1.82) is 0 Å². The van der Waals surface area contributed by atoms with Crippen LogP contribution < -0.4 is 0 Å². The minimum atomic E-state index is -0.412. The number of carbonyl (C=O) groups is 1. The van der Waals surface area contributed by atoms with Gasteiger partial charge in [0.25, 0.3) is 0 Å². The van der Waals surface area contributed by atoms with E-state index in [0.29, 0.717) is 22.4 Å². The highest BCUT2D eigenvalue weighted by molar-refractivity contribution is 6.33. The summed E-state index contributed by atoms with van der Waals surface area (Å²) in [6, 6.07) is 8.39. The zero-order valence-electron chi connectivity index (χ0n) is 8.65. The van der Waals surface area contributed by atoms with E-state index < -0.39 is 5.82 Å². The molecular weight excluding hydrogens is 243 g/mol. The van der Waals surface area contributed by atoms with E-state index in [9.17, 15) is 14.3 Å². The van der Waals surface area contributed by atoms with Gasteiger partial charge in [-0.05, 0) is 35.9 Å². The Morgan fingerprint density at radius 1 is 1.18 bits per heavy atom. The molecule has 86 valence electrons. The summed E-state index contributed by atoms with van der Waals surface area (Å²) in [6.45, 7) is 0. The molecule has 4 heteroatoms. The maximum atomic E-state index is 13.1. The van der Waals surface area contributed by atoms with Crippen molar-refractivity contribution in [3.05, 3.63) is 52.8 Å². The monoisotopic (exact) mass is 250 g/mol. The molecule has 0 spiro atoms. The Labute approximate surface area is 102 Å². The molecule has 1 N–H and O–H groups in total. The Morgan fingerprint density at radius 3 is 2.65 bits per heavy atom. The Morgan fingerprint density at radius 2 is 1.94 bits per heavy atom. The number of hydrogen-bond donors (Lipinski definition) is 1. The van der Waals surface area contributed by atoms with E-state index in [0.717, 1.165) is 0 Å². The third-order valence-electron chi connectivity index (χ3n) is 2.39. The summed E-state index contributed by atoms with van der Waals surface area (Å²) in [5.41, 5.74) is 1.20. The van der Waals surface area contributed by atoms with E-state index in [4.69, 9.17) is 11.6 Å². The molecule has 0 atom stereocenters. The Kier molecular flexibility index (Phi) is 3.11. The first-order chi connectivity index (χ1) is 8.11. The predicted octanol–water partition coefficient (Wildman–Crippen LogP) is 3.66. The molecule has 2 nitrogen and oxygen atoms in total. The topological polar surface area (TPSA) is 37.3 Å². The molecule has 0 aliphatic rings. The highest BCUT2D eigenvalue weighted by Crippen LogP contribution is 2.31. The van der Waals surface area contributed by atoms with Crippen molar-refractivity contribution in [3.8, 4) is 16.9 Å². The molecule has 0 bridgehead atoms. The lowest BCUT2D eigenvalue weighted by atomic mass is 10.0. The maximum absolute atomic E-state index is 13.1. The number of phenols is 1. The largest absolute Gasteiger partial charge is 0.507 e. The lowest BCUT2D eigenvalue weighted by molar-refractivity contribution is 0.112. The van der Waals surface area contributed by atoms with Crippen LogP contribution in [0.25, 0.3) is 11.1 Å². The van der Waals surface area contributed by atoms with Crippen LogP contribution in [0.1, 0.15) is 10.4 Å². The molecule has 0 unspecified atom stereocenters. The second-order valence-electron chi connectivity index (χ2n) is 3.52. The van der Waals surface area contributed by atoms with E-state index in [1.165, 1.54) is 30.3 Å². The lowest BCUT2D eigenvalue weighted by Crippen LogP contribution is -1.86. The van der Waals surface area contributed by atoms with Crippen molar-refractivity contribution in [2.24, 2.45) is 0 Å². The molecule has 0 amide bonds. The smallest absolute Gasteiger partial charge is 0.153 e. The average Bonchev–Trinajstić information content (AvgIpc) is 2.33. The fraction of sp³-hybridized carbons (Fsp3) is 0. The van der Waals surface area contributed by atoms with Gasteiger partial charge in [-0.3, -0.25) is 4.79 Å². The molecule has 2 aromatic rings. The SMILES string of the molecule is O=Cc1cc(-c2cc(F)ccc2Cl)ccc1O. The second-order valence-corrected chi connectivity index (χ2v) is 3.92. The lowest BCUT2D eigenvalue weighted by Gasteiger charge is -2.06. The van der Waals surface area contributed by atoms with E-state index in [1.54, 1.807) is 6.07 Å². The summed E-state index contributed by atoms with van der Waals surface area (Å²) < 4.78 is 13.1. The van der Waals surface area contributed by atoms with Crippen molar-refractivity contribution in [2.75, 3.05) is 0 Å². The van der Waals surface area contributed by atoms with Gasteiger partial charge in [0.05, 0.1) is 5.56 Å². The summed E-state index contributed by atoms with van der Waals surface area (Å²) in [6.07, 6.45) is 0.534. The number of hydrogen-bond acceptors (Lipinski definition) is 2. The van der Waals surface area contributed by atoms with E-state index >= 15 is 0 Å². The van der Waals surface area contributed by atoms with Gasteiger partial charge in [0.2, 0.25) is 0 Å². The van der Waals surface area contributed by atoms with E-state index in [2.05, 4.69) is 0 Å². The molecule has 0 aliphatic heterocycles. The van der Waals surface area contributed by atoms with Crippen molar-refractivity contribution >= 4 is 17.9 Å². The third kappa shape index (κ3) is 2.29. The van der Waals surface area contributed by atoms with E-state index in [1.807, 2.05) is 0 Å². The van der Waals surface area contributed by atoms with Crippen LogP contribution in [-0.2, 0) is 0 Å². The average molecular weight is 251 g/mol. The highest BCUT2D eigenvalue weighted by atomic mass is 35.5. The fourth-order valence-corrected chi connectivity index (χ4v) is 1.76. The highest BCUT2D eigenvalue weighted by Gasteiger charge is 2.08. The van der Waals surface area contributed by atoms with Gasteiger partial charge in [0.1, 0.15) is 11.6 Å². The van der Waals surface area contributed by atoms with Crippen LogP contribution >= 0.6 is 11.6 Å². The van der Waals surface area contributed by atoms with Crippen molar-refractivity contribution in [3.63, 3.8) is 0 Å². The standard InChI is InChI=1S/C13H8ClFO2/c14-12-3-2-10(15)6-11(12)8-1-4-13(17)9(5-8)7-16/h1-7,17H. The molecule has 0 radical (unpaired) electrons. The molecule has 17 heavy (non-hydrogen) atoms. The number of rotatable bonds is 2. The van der Waals surface area contributed by atoms with Crippen LogP contribution in [0.3, 0.4) is 0 Å². The van der Waals surface area contributed by atoms with Crippen LogP contribution in [0.4, 0.5) is 4.39 Å². The quantitative estimate of drug-likeness (QED) is 0.826. The zero-order valence-corrected chi connectivity index (χ0v) is 9.41. The van der Waals surface area contributed by atoms with Crippen LogP contribution in [-0.4, -0.2) is 11.4 Å². The van der Waals surface area contributed by atoms with Crippen LogP contribution in [0.2, 0.25) is 5.02 Å². The van der Waals surface area contributed by atoms with Gasteiger partial charge in [-0.25, -0.2) is 4.39 Å². The number of halogens is 2. The second kappa shape index (κ2) is 4.55. The van der Waals surface area contributed by atoms with Crippen molar-refractivity contribution in [1.82, 2.24) is 0 Å². The molecule has 2 rings (SSSR count). The Hall–Kier alpha value is -1.87. The molecular formula is C13H8ClFO2. The Bertz CT molecular complexity index is 582. The minimum Gasteiger partial charge on any atom is -0.507 e. The molecule has 0 fully saturated rings. The Balaban J connectivity index is 2.60. The molecule has 2 aromatic carbocycles. The molecule has 0 saturated heterocycles. The van der Waals surface area contributed by atoms with Gasteiger partial charge in [-0.15, -0.1) is 0 Å². The van der Waals surface area contributed by atoms with Gasteiger partial charge in [0.15, 0.2) is 6.29 Å². The van der Waals surface area contributed by atoms with Crippen LogP contribution in [0.15, 0.2) is 36.4 Å². The number of aromatic hydroxyl groups is 1. The van der Waals surface area contributed by atoms with Gasteiger partial charge < -0.3 is 5.11 Å². The van der Waals surface area contributed by atoms with Gasteiger partial charge in [0, 0.05) is 10.6 Å². The fourth-order valence-electron chi connectivity index (χ4n) is 1.54. The van der Waals surface area contributed by atoms with Gasteiger partial charge in [-0.2, -0.15) is 0 Å². The summed E-state index contributed by atoms with van der Waals surface area (Å²) in [7, 11) is 0. The van der Waals surface area contributed by atoms with Crippen molar-refractivity contribution in [2.45, 2.75) is 0 Å². The van der Waals surface area contributed by atoms with Crippen LogP contribution in [0.5, 0.6) is 5.75 Å². The first kappa shape index (κ1) is 11.6. The molecule has 0 aromatic heterocycles. The van der Waals surface area contributed by atoms with Gasteiger partial charge in [-0.1, -0.05) is 17.7 Å². The molecule has 0 aliphatic carbocycles.